The van der Waals surface area contributed by atoms with Gasteiger partial charge in [-0.25, -0.2) is 8.42 Å². The molecule has 0 saturated carbocycles. The fourth-order valence-electron chi connectivity index (χ4n) is 2.43. The summed E-state index contributed by atoms with van der Waals surface area (Å²) in [6.07, 6.45) is 2.86. The molecular formula is C17H20N4O3S. The van der Waals surface area contributed by atoms with Crippen molar-refractivity contribution in [2.75, 3.05) is 4.72 Å². The average molecular weight is 360 g/mol. The standard InChI is InChI=1S/C17H20N4O3S/c1-17(2,3)16-14(25(22,23)20-15-9-10-24-19-15)12-21(18-16)11-13-7-5-4-6-8-13/h4-10,12H,11H2,1-3H3,(H,19,20). The predicted molar refractivity (Wildman–Crippen MR) is 93.8 cm³/mol. The molecule has 0 saturated heterocycles. The number of anilines is 1. The number of nitrogens with zero attached hydrogens (tertiary/aromatic N) is 3. The van der Waals surface area contributed by atoms with E-state index in [0.29, 0.717) is 12.2 Å². The van der Waals surface area contributed by atoms with Gasteiger partial charge in [-0.1, -0.05) is 56.3 Å². The van der Waals surface area contributed by atoms with Crippen molar-refractivity contribution >= 4 is 15.8 Å². The van der Waals surface area contributed by atoms with Gasteiger partial charge in [0.15, 0.2) is 5.82 Å². The van der Waals surface area contributed by atoms with Gasteiger partial charge in [-0.05, 0) is 5.56 Å². The molecule has 0 atom stereocenters. The molecule has 0 bridgehead atoms. The lowest BCUT2D eigenvalue weighted by Gasteiger charge is -2.17. The van der Waals surface area contributed by atoms with Gasteiger partial charge >= 0.3 is 0 Å². The SMILES string of the molecule is CC(C)(C)c1nn(Cc2ccccc2)cc1S(=O)(=O)Nc1ccon1. The Morgan fingerprint density at radius 1 is 1.16 bits per heavy atom. The minimum Gasteiger partial charge on any atom is -0.363 e. The van der Waals surface area contributed by atoms with E-state index in [4.69, 9.17) is 0 Å². The molecule has 0 fully saturated rings. The van der Waals surface area contributed by atoms with Crippen LogP contribution in [-0.2, 0) is 22.0 Å². The zero-order chi connectivity index (χ0) is 18.1. The van der Waals surface area contributed by atoms with E-state index in [2.05, 4.69) is 19.5 Å². The lowest BCUT2D eigenvalue weighted by Crippen LogP contribution is -2.20. The van der Waals surface area contributed by atoms with Gasteiger partial charge < -0.3 is 4.52 Å². The van der Waals surface area contributed by atoms with Crippen LogP contribution in [0, 0.1) is 0 Å². The summed E-state index contributed by atoms with van der Waals surface area (Å²) in [5, 5.41) is 8.13. The Labute approximate surface area is 146 Å². The van der Waals surface area contributed by atoms with Crippen LogP contribution in [0.3, 0.4) is 0 Å². The van der Waals surface area contributed by atoms with Crippen LogP contribution in [0.25, 0.3) is 0 Å². The Kier molecular flexibility index (Phi) is 4.38. The fourth-order valence-corrected chi connectivity index (χ4v) is 3.78. The van der Waals surface area contributed by atoms with Gasteiger partial charge in [0.2, 0.25) is 0 Å². The molecule has 0 aliphatic rings. The highest BCUT2D eigenvalue weighted by Crippen LogP contribution is 2.29. The molecular weight excluding hydrogens is 340 g/mol. The van der Waals surface area contributed by atoms with Crippen LogP contribution in [0.4, 0.5) is 5.82 Å². The third kappa shape index (κ3) is 3.90. The molecule has 0 spiro atoms. The predicted octanol–water partition coefficient (Wildman–Crippen LogP) is 3.02. The highest BCUT2D eigenvalue weighted by Gasteiger charge is 2.30. The van der Waals surface area contributed by atoms with E-state index in [1.54, 1.807) is 10.9 Å². The van der Waals surface area contributed by atoms with Gasteiger partial charge in [0.25, 0.3) is 10.0 Å². The topological polar surface area (TPSA) is 90.0 Å². The largest absolute Gasteiger partial charge is 0.363 e. The minimum atomic E-state index is -3.82. The first-order valence-corrected chi connectivity index (χ1v) is 9.29. The molecule has 8 heteroatoms. The smallest absolute Gasteiger partial charge is 0.266 e. The Balaban J connectivity index is 1.99. The van der Waals surface area contributed by atoms with Gasteiger partial charge in [0.1, 0.15) is 11.2 Å². The van der Waals surface area contributed by atoms with Gasteiger partial charge in [-0.15, -0.1) is 0 Å². The number of nitrogens with one attached hydrogen (secondary N) is 1. The average Bonchev–Trinajstić information content (AvgIpc) is 3.17. The molecule has 2 aromatic heterocycles. The quantitative estimate of drug-likeness (QED) is 0.755. The van der Waals surface area contributed by atoms with Crippen molar-refractivity contribution in [3.63, 3.8) is 0 Å². The zero-order valence-corrected chi connectivity index (χ0v) is 15.1. The summed E-state index contributed by atoms with van der Waals surface area (Å²) < 4.78 is 34.3. The Morgan fingerprint density at radius 3 is 2.48 bits per heavy atom. The molecule has 1 N–H and O–H groups in total. The van der Waals surface area contributed by atoms with Crippen molar-refractivity contribution in [2.45, 2.75) is 37.6 Å². The number of hydrogen-bond acceptors (Lipinski definition) is 5. The molecule has 0 unspecified atom stereocenters. The highest BCUT2D eigenvalue weighted by molar-refractivity contribution is 7.92. The maximum atomic E-state index is 12.8. The van der Waals surface area contributed by atoms with E-state index in [-0.39, 0.29) is 10.7 Å². The van der Waals surface area contributed by atoms with Crippen molar-refractivity contribution in [1.29, 1.82) is 0 Å². The molecule has 1 aromatic carbocycles. The summed E-state index contributed by atoms with van der Waals surface area (Å²) in [6, 6.07) is 11.2. The van der Waals surface area contributed by atoms with Crippen LogP contribution in [0.5, 0.6) is 0 Å². The van der Waals surface area contributed by atoms with Gasteiger partial charge in [0.05, 0.1) is 12.2 Å². The number of benzene rings is 1. The second kappa shape index (κ2) is 6.36. The van der Waals surface area contributed by atoms with Crippen molar-refractivity contribution in [2.24, 2.45) is 0 Å². The monoisotopic (exact) mass is 360 g/mol. The summed E-state index contributed by atoms with van der Waals surface area (Å²) in [5.74, 6) is 0.135. The molecule has 7 nitrogen and oxygen atoms in total. The second-order valence-corrected chi connectivity index (χ2v) is 8.42. The van der Waals surface area contributed by atoms with E-state index in [1.807, 2.05) is 51.1 Å². The van der Waals surface area contributed by atoms with Crippen LogP contribution >= 0.6 is 0 Å². The molecule has 3 rings (SSSR count). The van der Waals surface area contributed by atoms with Crippen molar-refractivity contribution in [3.8, 4) is 0 Å². The van der Waals surface area contributed by atoms with Crippen molar-refractivity contribution in [3.05, 3.63) is 60.1 Å². The maximum Gasteiger partial charge on any atom is 0.266 e. The Hall–Kier alpha value is -2.61. The number of sulfonamides is 1. The minimum absolute atomic E-state index is 0.135. The number of hydrogen-bond donors (Lipinski definition) is 1. The molecule has 2 heterocycles. The molecule has 25 heavy (non-hydrogen) atoms. The van der Waals surface area contributed by atoms with Gasteiger partial charge in [-0.2, -0.15) is 5.10 Å². The maximum absolute atomic E-state index is 12.8. The first kappa shape index (κ1) is 17.2. The van der Waals surface area contributed by atoms with Crippen molar-refractivity contribution in [1.82, 2.24) is 14.9 Å². The number of aromatic nitrogens is 3. The van der Waals surface area contributed by atoms with Gasteiger partial charge in [0, 0.05) is 17.7 Å². The van der Waals surface area contributed by atoms with Gasteiger partial charge in [-0.3, -0.25) is 9.40 Å². The summed E-state index contributed by atoms with van der Waals surface area (Å²) in [7, 11) is -3.82. The molecule has 0 aliphatic carbocycles. The van der Waals surface area contributed by atoms with E-state index >= 15 is 0 Å². The molecule has 132 valence electrons. The van der Waals surface area contributed by atoms with E-state index in [0.717, 1.165) is 5.56 Å². The van der Waals surface area contributed by atoms with Crippen LogP contribution in [0.1, 0.15) is 32.0 Å². The Bertz CT molecular complexity index is 940. The summed E-state index contributed by atoms with van der Waals surface area (Å²) >= 11 is 0. The van der Waals surface area contributed by atoms with E-state index in [9.17, 15) is 8.42 Å². The van der Waals surface area contributed by atoms with Crippen LogP contribution in [0.15, 0.2) is 58.3 Å². The number of rotatable bonds is 5. The fraction of sp³-hybridized carbons (Fsp3) is 0.294. The Morgan fingerprint density at radius 2 is 1.88 bits per heavy atom. The molecule has 0 aliphatic heterocycles. The lowest BCUT2D eigenvalue weighted by molar-refractivity contribution is 0.423. The summed E-state index contributed by atoms with van der Waals surface area (Å²) in [4.78, 5) is 0.138. The molecule has 0 amide bonds. The second-order valence-electron chi connectivity index (χ2n) is 6.77. The van der Waals surface area contributed by atoms with Crippen molar-refractivity contribution < 1.29 is 12.9 Å². The first-order chi connectivity index (χ1) is 11.8. The normalized spacial score (nSPS) is 12.3. The lowest BCUT2D eigenvalue weighted by atomic mass is 9.92. The summed E-state index contributed by atoms with van der Waals surface area (Å²) in [6.45, 7) is 6.27. The van der Waals surface area contributed by atoms with Crippen LogP contribution in [0.2, 0.25) is 0 Å². The third-order valence-corrected chi connectivity index (χ3v) is 4.95. The van der Waals surface area contributed by atoms with Crippen LogP contribution in [-0.4, -0.2) is 23.4 Å². The summed E-state index contributed by atoms with van der Waals surface area (Å²) in [5.41, 5.74) is 1.11. The molecule has 0 radical (unpaired) electrons. The van der Waals surface area contributed by atoms with E-state index < -0.39 is 15.4 Å². The first-order valence-electron chi connectivity index (χ1n) is 7.81. The molecule has 3 aromatic rings. The van der Waals surface area contributed by atoms with Crippen LogP contribution < -0.4 is 4.72 Å². The van der Waals surface area contributed by atoms with E-state index in [1.165, 1.54) is 12.3 Å². The highest BCUT2D eigenvalue weighted by atomic mass is 32.2. The third-order valence-electron chi connectivity index (χ3n) is 3.59. The zero-order valence-electron chi connectivity index (χ0n) is 14.3.